The minimum absolute atomic E-state index is 0.0248. The Morgan fingerprint density at radius 3 is 2.56 bits per heavy atom. The second-order valence-corrected chi connectivity index (χ2v) is 5.00. The average Bonchev–Trinajstić information content (AvgIpc) is 2.23. The van der Waals surface area contributed by atoms with Crippen LogP contribution in [0.15, 0.2) is 4.79 Å². The van der Waals surface area contributed by atoms with Crippen molar-refractivity contribution in [2.24, 2.45) is 5.92 Å². The third kappa shape index (κ3) is 2.61. The molecule has 4 heteroatoms. The van der Waals surface area contributed by atoms with Crippen molar-refractivity contribution >= 4 is 23.6 Å². The molecule has 0 radical (unpaired) electrons. The van der Waals surface area contributed by atoms with Crippen LogP contribution in [-0.2, 0) is 0 Å². The summed E-state index contributed by atoms with van der Waals surface area (Å²) in [4.78, 5) is 13.5. The van der Waals surface area contributed by atoms with Crippen LogP contribution in [0.3, 0.4) is 0 Å². The van der Waals surface area contributed by atoms with Gasteiger partial charge in [0, 0.05) is 20.6 Å². The Morgan fingerprint density at radius 1 is 1.44 bits per heavy atom. The molecule has 0 saturated heterocycles. The van der Waals surface area contributed by atoms with E-state index in [1.807, 2.05) is 7.05 Å². The maximum Gasteiger partial charge on any atom is 0.223 e. The summed E-state index contributed by atoms with van der Waals surface area (Å²) in [6.07, 6.45) is 2.33. The summed E-state index contributed by atoms with van der Waals surface area (Å²) < 4.78 is 0.469. The Morgan fingerprint density at radius 2 is 2.06 bits per heavy atom. The molecule has 0 aliphatic carbocycles. The molecule has 3 nitrogen and oxygen atoms in total. The van der Waals surface area contributed by atoms with Crippen LogP contribution in [0, 0.1) is 10.4 Å². The first kappa shape index (κ1) is 13.2. The van der Waals surface area contributed by atoms with Gasteiger partial charge in [0.05, 0.1) is 5.69 Å². The highest BCUT2D eigenvalue weighted by atomic mass is 32.1. The second kappa shape index (κ2) is 5.43. The van der Waals surface area contributed by atoms with Gasteiger partial charge in [-0.05, 0) is 18.8 Å². The minimum Gasteiger partial charge on any atom is -0.383 e. The zero-order valence-electron chi connectivity index (χ0n) is 10.5. The zero-order valence-corrected chi connectivity index (χ0v) is 11.3. The van der Waals surface area contributed by atoms with E-state index >= 15 is 0 Å². The summed E-state index contributed by atoms with van der Waals surface area (Å²) in [7, 11) is 3.75. The van der Waals surface area contributed by atoms with Gasteiger partial charge in [0.1, 0.15) is 10.2 Å². The molecule has 16 heavy (non-hydrogen) atoms. The van der Waals surface area contributed by atoms with Crippen molar-refractivity contribution in [2.45, 2.75) is 26.7 Å². The Bertz CT molecular complexity index is 419. The Labute approximate surface area is 102 Å². The van der Waals surface area contributed by atoms with Gasteiger partial charge in [-0.1, -0.05) is 26.1 Å². The van der Waals surface area contributed by atoms with E-state index in [9.17, 15) is 4.79 Å². The van der Waals surface area contributed by atoms with E-state index in [0.717, 1.165) is 24.6 Å². The topological polar surface area (TPSA) is 32.3 Å². The predicted octanol–water partition coefficient (Wildman–Crippen LogP) is 2.57. The van der Waals surface area contributed by atoms with Crippen molar-refractivity contribution in [3.05, 3.63) is 14.7 Å². The molecule has 0 spiro atoms. The molecule has 1 aromatic carbocycles. The van der Waals surface area contributed by atoms with E-state index in [4.69, 9.17) is 12.2 Å². The van der Waals surface area contributed by atoms with Gasteiger partial charge in [0.15, 0.2) is 0 Å². The van der Waals surface area contributed by atoms with Crippen LogP contribution < -0.4 is 15.6 Å². The normalized spacial score (nSPS) is 11.1. The average molecular weight is 240 g/mol. The highest BCUT2D eigenvalue weighted by Gasteiger charge is 2.19. The molecular weight excluding hydrogens is 220 g/mol. The number of hydrogen-bond acceptors (Lipinski definition) is 4. The molecule has 0 bridgehead atoms. The van der Waals surface area contributed by atoms with E-state index < -0.39 is 0 Å². The fraction of sp³-hybridized carbons (Fsp3) is 0.667. The Kier molecular flexibility index (Phi) is 4.47. The van der Waals surface area contributed by atoms with Crippen molar-refractivity contribution in [1.82, 2.24) is 0 Å². The molecule has 1 N–H and O–H groups in total. The van der Waals surface area contributed by atoms with Crippen molar-refractivity contribution in [1.29, 1.82) is 0 Å². The van der Waals surface area contributed by atoms with Crippen molar-refractivity contribution in [3.63, 3.8) is 0 Å². The van der Waals surface area contributed by atoms with E-state index in [1.165, 1.54) is 6.42 Å². The Hall–Kier alpha value is -0.900. The van der Waals surface area contributed by atoms with Crippen molar-refractivity contribution in [3.8, 4) is 0 Å². The highest BCUT2D eigenvalue weighted by Crippen LogP contribution is 2.26. The zero-order chi connectivity index (χ0) is 12.3. The highest BCUT2D eigenvalue weighted by molar-refractivity contribution is 7.71. The minimum atomic E-state index is -0.0248. The van der Waals surface area contributed by atoms with Gasteiger partial charge in [-0.2, -0.15) is 0 Å². The number of nitrogens with one attached hydrogen (secondary N) is 1. The van der Waals surface area contributed by atoms with Gasteiger partial charge in [-0.15, -0.1) is 0 Å². The quantitative estimate of drug-likeness (QED) is 0.775. The lowest BCUT2D eigenvalue weighted by atomic mass is 10.1. The fourth-order valence-electron chi connectivity index (χ4n) is 1.82. The molecule has 0 aliphatic heterocycles. The molecule has 0 aromatic heterocycles. The molecule has 0 aliphatic rings. The summed E-state index contributed by atoms with van der Waals surface area (Å²) in [6, 6.07) is 0. The van der Waals surface area contributed by atoms with Crippen LogP contribution in [0.2, 0.25) is 0 Å². The van der Waals surface area contributed by atoms with Gasteiger partial charge in [-0.25, -0.2) is 0 Å². The lowest BCUT2D eigenvalue weighted by Crippen LogP contribution is -2.28. The molecule has 0 unspecified atom stereocenters. The first-order valence-electron chi connectivity index (χ1n) is 5.71. The largest absolute Gasteiger partial charge is 0.383 e. The summed E-state index contributed by atoms with van der Waals surface area (Å²) >= 11 is 5.06. The SMILES string of the molecule is CNc1c(N(C)CCCC(C)C)c(=S)c1=O. The number of anilines is 2. The summed E-state index contributed by atoms with van der Waals surface area (Å²) in [6.45, 7) is 5.39. The smallest absolute Gasteiger partial charge is 0.223 e. The third-order valence-corrected chi connectivity index (χ3v) is 3.17. The number of nitrogens with zero attached hydrogens (tertiary/aromatic N) is 1. The third-order valence-electron chi connectivity index (χ3n) is 2.79. The van der Waals surface area contributed by atoms with E-state index in [0.29, 0.717) is 10.2 Å². The first-order valence-corrected chi connectivity index (χ1v) is 6.12. The molecule has 0 heterocycles. The predicted molar refractivity (Wildman–Crippen MR) is 72.8 cm³/mol. The molecule has 0 atom stereocenters. The molecule has 0 fully saturated rings. The molecular formula is C12H20N2OS. The van der Waals surface area contributed by atoms with Crippen molar-refractivity contribution in [2.75, 3.05) is 30.9 Å². The standard InChI is InChI=1S/C12H20N2OS/c1-8(2)6-5-7-14(4)10-9(13-3)11(15)12(10)16/h8,13H,5-7H2,1-4H3. The summed E-state index contributed by atoms with van der Waals surface area (Å²) in [5, 5.41) is 2.91. The van der Waals surface area contributed by atoms with Gasteiger partial charge < -0.3 is 10.2 Å². The van der Waals surface area contributed by atoms with Crippen LogP contribution in [0.25, 0.3) is 0 Å². The second-order valence-electron chi connectivity index (χ2n) is 4.59. The van der Waals surface area contributed by atoms with Gasteiger partial charge in [0.25, 0.3) is 0 Å². The fourth-order valence-corrected chi connectivity index (χ4v) is 2.18. The lowest BCUT2D eigenvalue weighted by Gasteiger charge is -2.24. The number of hydrogen-bond donors (Lipinski definition) is 1. The maximum absolute atomic E-state index is 11.4. The van der Waals surface area contributed by atoms with Crippen LogP contribution in [0.5, 0.6) is 0 Å². The van der Waals surface area contributed by atoms with Gasteiger partial charge in [-0.3, -0.25) is 4.79 Å². The summed E-state index contributed by atoms with van der Waals surface area (Å²) in [5.41, 5.74) is 1.55. The monoisotopic (exact) mass is 240 g/mol. The molecule has 0 saturated carbocycles. The van der Waals surface area contributed by atoms with Gasteiger partial charge in [0.2, 0.25) is 5.43 Å². The van der Waals surface area contributed by atoms with Crippen LogP contribution >= 0.6 is 12.2 Å². The van der Waals surface area contributed by atoms with E-state index in [-0.39, 0.29) is 5.43 Å². The van der Waals surface area contributed by atoms with Crippen molar-refractivity contribution < 1.29 is 0 Å². The molecule has 90 valence electrons. The van der Waals surface area contributed by atoms with Crippen LogP contribution in [0.1, 0.15) is 26.7 Å². The maximum atomic E-state index is 11.4. The van der Waals surface area contributed by atoms with E-state index in [1.54, 1.807) is 7.05 Å². The summed E-state index contributed by atoms with van der Waals surface area (Å²) in [5.74, 6) is 0.723. The first-order chi connectivity index (χ1) is 7.49. The molecule has 1 rings (SSSR count). The molecule has 1 aromatic rings. The molecule has 0 amide bonds. The van der Waals surface area contributed by atoms with E-state index in [2.05, 4.69) is 24.1 Å². The van der Waals surface area contributed by atoms with Gasteiger partial charge >= 0.3 is 0 Å². The number of rotatable bonds is 6. The Balaban J connectivity index is 2.60. The lowest BCUT2D eigenvalue weighted by molar-refractivity contribution is 0.555. The van der Waals surface area contributed by atoms with Crippen LogP contribution in [0.4, 0.5) is 11.4 Å². The van der Waals surface area contributed by atoms with Crippen LogP contribution in [-0.4, -0.2) is 20.6 Å².